The van der Waals surface area contributed by atoms with Gasteiger partial charge in [0.05, 0.1) is 6.61 Å². The van der Waals surface area contributed by atoms with E-state index in [1.54, 1.807) is 6.92 Å². The van der Waals surface area contributed by atoms with E-state index in [-0.39, 0.29) is 5.78 Å². The molecule has 1 aliphatic rings. The minimum atomic E-state index is 0.106. The summed E-state index contributed by atoms with van der Waals surface area (Å²) in [6, 6.07) is 6.32. The van der Waals surface area contributed by atoms with E-state index in [4.69, 9.17) is 4.74 Å². The van der Waals surface area contributed by atoms with Crippen LogP contribution >= 0.6 is 11.8 Å². The number of nitrogens with zero attached hydrogens (tertiary/aromatic N) is 1. The zero-order valence-electron chi connectivity index (χ0n) is 13.4. The number of Topliss-reactive ketones (excluding diaryl/α,β-unsaturated/α-hetero) is 1. The predicted octanol–water partition coefficient (Wildman–Crippen LogP) is 3.61. The first-order valence-electron chi connectivity index (χ1n) is 7.65. The smallest absolute Gasteiger partial charge is 0.159 e. The van der Waals surface area contributed by atoms with Crippen LogP contribution in [0.25, 0.3) is 0 Å². The third-order valence-corrected chi connectivity index (χ3v) is 5.49. The summed E-state index contributed by atoms with van der Waals surface area (Å²) in [7, 11) is 0. The molecule has 1 aliphatic heterocycles. The van der Waals surface area contributed by atoms with Crippen molar-refractivity contribution in [2.24, 2.45) is 0 Å². The maximum absolute atomic E-state index is 11.6. The molecule has 0 bridgehead atoms. The van der Waals surface area contributed by atoms with Crippen molar-refractivity contribution in [1.29, 1.82) is 0 Å². The number of carbonyl (C=O) groups is 1. The SMILES string of the molecule is CCOc1ccc(C(C)=O)cc1CN1CCSC(C)C1C. The zero-order valence-corrected chi connectivity index (χ0v) is 14.2. The van der Waals surface area contributed by atoms with Crippen LogP contribution in [0.15, 0.2) is 18.2 Å². The first-order valence-corrected chi connectivity index (χ1v) is 8.70. The maximum atomic E-state index is 11.6. The van der Waals surface area contributed by atoms with Gasteiger partial charge in [0, 0.05) is 41.3 Å². The summed E-state index contributed by atoms with van der Waals surface area (Å²) in [6.07, 6.45) is 0. The lowest BCUT2D eigenvalue weighted by molar-refractivity contribution is 0.101. The highest BCUT2D eigenvalue weighted by molar-refractivity contribution is 8.00. The number of hydrogen-bond donors (Lipinski definition) is 0. The Hall–Kier alpha value is -1.00. The highest BCUT2D eigenvalue weighted by Crippen LogP contribution is 2.28. The summed E-state index contributed by atoms with van der Waals surface area (Å²) in [5.41, 5.74) is 1.89. The molecule has 0 amide bonds. The normalized spacial score (nSPS) is 23.0. The standard InChI is InChI=1S/C17H25NO2S/c1-5-20-17-7-6-15(13(3)19)10-16(17)11-18-8-9-21-14(4)12(18)2/h6-7,10,12,14H,5,8-9,11H2,1-4H3. The lowest BCUT2D eigenvalue weighted by atomic mass is 10.1. The zero-order chi connectivity index (χ0) is 15.4. The quantitative estimate of drug-likeness (QED) is 0.777. The summed E-state index contributed by atoms with van der Waals surface area (Å²) < 4.78 is 5.73. The summed E-state index contributed by atoms with van der Waals surface area (Å²) in [4.78, 5) is 14.1. The molecular weight excluding hydrogens is 282 g/mol. The Labute approximate surface area is 132 Å². The number of thioether (sulfide) groups is 1. The van der Waals surface area contributed by atoms with Crippen molar-refractivity contribution in [2.45, 2.75) is 45.5 Å². The predicted molar refractivity (Wildman–Crippen MR) is 89.4 cm³/mol. The number of hydrogen-bond acceptors (Lipinski definition) is 4. The number of ketones is 1. The summed E-state index contributed by atoms with van der Waals surface area (Å²) in [5, 5.41) is 0.644. The minimum absolute atomic E-state index is 0.106. The molecular formula is C17H25NO2S. The van der Waals surface area contributed by atoms with Crippen molar-refractivity contribution >= 4 is 17.5 Å². The second-order valence-electron chi connectivity index (χ2n) is 5.60. The van der Waals surface area contributed by atoms with Gasteiger partial charge in [0.2, 0.25) is 0 Å². The molecule has 1 aromatic carbocycles. The molecule has 1 heterocycles. The van der Waals surface area contributed by atoms with Crippen LogP contribution in [0.4, 0.5) is 0 Å². The van der Waals surface area contributed by atoms with Gasteiger partial charge in [0.25, 0.3) is 0 Å². The second-order valence-corrected chi connectivity index (χ2v) is 7.08. The number of benzene rings is 1. The molecule has 1 fully saturated rings. The highest BCUT2D eigenvalue weighted by atomic mass is 32.2. The first kappa shape index (κ1) is 16.4. The van der Waals surface area contributed by atoms with Crippen LogP contribution in [0.1, 0.15) is 43.6 Å². The second kappa shape index (κ2) is 7.32. The van der Waals surface area contributed by atoms with Gasteiger partial charge in [-0.2, -0.15) is 11.8 Å². The highest BCUT2D eigenvalue weighted by Gasteiger charge is 2.26. The molecule has 0 aromatic heterocycles. The molecule has 1 saturated heterocycles. The summed E-state index contributed by atoms with van der Waals surface area (Å²) in [5.74, 6) is 2.18. The van der Waals surface area contributed by atoms with Gasteiger partial charge in [-0.25, -0.2) is 0 Å². The van der Waals surface area contributed by atoms with E-state index < -0.39 is 0 Å². The molecule has 0 aliphatic carbocycles. The van der Waals surface area contributed by atoms with Gasteiger partial charge >= 0.3 is 0 Å². The molecule has 4 heteroatoms. The van der Waals surface area contributed by atoms with E-state index in [1.807, 2.05) is 36.9 Å². The Balaban J connectivity index is 2.23. The molecule has 21 heavy (non-hydrogen) atoms. The number of carbonyl (C=O) groups excluding carboxylic acids is 1. The molecule has 3 nitrogen and oxygen atoms in total. The molecule has 2 atom stereocenters. The van der Waals surface area contributed by atoms with Crippen LogP contribution in [-0.2, 0) is 6.54 Å². The van der Waals surface area contributed by atoms with Gasteiger partial charge in [0.1, 0.15) is 5.75 Å². The van der Waals surface area contributed by atoms with Crippen molar-refractivity contribution < 1.29 is 9.53 Å². The molecule has 2 unspecified atom stereocenters. The maximum Gasteiger partial charge on any atom is 0.159 e. The fraction of sp³-hybridized carbons (Fsp3) is 0.588. The van der Waals surface area contributed by atoms with Gasteiger partial charge in [0.15, 0.2) is 5.78 Å². The fourth-order valence-electron chi connectivity index (χ4n) is 2.66. The minimum Gasteiger partial charge on any atom is -0.494 e. The van der Waals surface area contributed by atoms with E-state index in [0.29, 0.717) is 17.9 Å². The monoisotopic (exact) mass is 307 g/mol. The van der Waals surface area contributed by atoms with Gasteiger partial charge in [-0.3, -0.25) is 9.69 Å². The van der Waals surface area contributed by atoms with Gasteiger partial charge in [-0.1, -0.05) is 6.92 Å². The first-order chi connectivity index (χ1) is 10.0. The van der Waals surface area contributed by atoms with Crippen LogP contribution in [-0.4, -0.2) is 40.9 Å². The molecule has 116 valence electrons. The van der Waals surface area contributed by atoms with Crippen LogP contribution in [0, 0.1) is 0 Å². The van der Waals surface area contributed by atoms with E-state index in [2.05, 4.69) is 18.7 Å². The lowest BCUT2D eigenvalue weighted by Crippen LogP contribution is -2.44. The van der Waals surface area contributed by atoms with E-state index >= 15 is 0 Å². The largest absolute Gasteiger partial charge is 0.494 e. The van der Waals surface area contributed by atoms with E-state index in [1.165, 1.54) is 5.75 Å². The Bertz CT molecular complexity index is 504. The lowest BCUT2D eigenvalue weighted by Gasteiger charge is -2.37. The van der Waals surface area contributed by atoms with Crippen LogP contribution in [0.2, 0.25) is 0 Å². The van der Waals surface area contributed by atoms with Crippen LogP contribution in [0.5, 0.6) is 5.75 Å². The van der Waals surface area contributed by atoms with Gasteiger partial charge in [-0.05, 0) is 39.0 Å². The molecule has 0 spiro atoms. The third-order valence-electron chi connectivity index (χ3n) is 4.15. The molecule has 2 rings (SSSR count). The molecule has 0 radical (unpaired) electrons. The summed E-state index contributed by atoms with van der Waals surface area (Å²) >= 11 is 2.04. The van der Waals surface area contributed by atoms with Crippen molar-refractivity contribution in [1.82, 2.24) is 4.90 Å². The topological polar surface area (TPSA) is 29.5 Å². The Morgan fingerprint density at radius 1 is 1.43 bits per heavy atom. The van der Waals surface area contributed by atoms with Crippen molar-refractivity contribution in [3.8, 4) is 5.75 Å². The van der Waals surface area contributed by atoms with Gasteiger partial charge < -0.3 is 4.74 Å². The van der Waals surface area contributed by atoms with Crippen molar-refractivity contribution in [3.63, 3.8) is 0 Å². The number of ether oxygens (including phenoxy) is 1. The number of rotatable bonds is 5. The van der Waals surface area contributed by atoms with Crippen molar-refractivity contribution in [3.05, 3.63) is 29.3 Å². The Morgan fingerprint density at radius 2 is 2.19 bits per heavy atom. The fourth-order valence-corrected chi connectivity index (χ4v) is 3.82. The van der Waals surface area contributed by atoms with Gasteiger partial charge in [-0.15, -0.1) is 0 Å². The average Bonchev–Trinajstić information content (AvgIpc) is 2.45. The Kier molecular flexibility index (Phi) is 5.71. The molecule has 1 aromatic rings. The summed E-state index contributed by atoms with van der Waals surface area (Å²) in [6.45, 7) is 10.8. The molecule has 0 saturated carbocycles. The Morgan fingerprint density at radius 3 is 2.86 bits per heavy atom. The van der Waals surface area contributed by atoms with E-state index in [9.17, 15) is 4.79 Å². The third kappa shape index (κ3) is 4.01. The molecule has 0 N–H and O–H groups in total. The average molecular weight is 307 g/mol. The van der Waals surface area contributed by atoms with Crippen LogP contribution in [0.3, 0.4) is 0 Å². The van der Waals surface area contributed by atoms with Crippen molar-refractivity contribution in [2.75, 3.05) is 18.9 Å². The van der Waals surface area contributed by atoms with Crippen LogP contribution < -0.4 is 4.74 Å². The van der Waals surface area contributed by atoms with E-state index in [0.717, 1.165) is 30.0 Å².